The number of sulfonamides is 1. The number of methoxy groups -OCH3 is 1. The molecule has 1 aliphatic heterocycles. The Morgan fingerprint density at radius 3 is 2.85 bits per heavy atom. The number of likely N-dealkylation sites (tertiary alicyclic amines) is 1. The fraction of sp³-hybridized carbons (Fsp3) is 0.538. The first-order chi connectivity index (χ1) is 9.42. The molecule has 1 aliphatic rings. The minimum absolute atomic E-state index is 0.0533. The van der Waals surface area contributed by atoms with E-state index in [0.29, 0.717) is 10.2 Å². The van der Waals surface area contributed by atoms with Gasteiger partial charge in [-0.1, -0.05) is 15.9 Å². The molecule has 1 saturated heterocycles. The van der Waals surface area contributed by atoms with Crippen LogP contribution >= 0.6 is 15.9 Å². The monoisotopic (exact) mass is 362 g/mol. The van der Waals surface area contributed by atoms with E-state index in [4.69, 9.17) is 4.74 Å². The number of hydrogen-bond donors (Lipinski definition) is 1. The second-order valence-electron chi connectivity index (χ2n) is 5.02. The Balaban J connectivity index is 2.24. The van der Waals surface area contributed by atoms with Crippen molar-refractivity contribution >= 4 is 26.0 Å². The predicted molar refractivity (Wildman–Crippen MR) is 81.5 cm³/mol. The van der Waals surface area contributed by atoms with E-state index in [-0.39, 0.29) is 10.9 Å². The smallest absolute Gasteiger partial charge is 0.244 e. The predicted octanol–water partition coefficient (Wildman–Crippen LogP) is 1.83. The number of ether oxygens (including phenoxy) is 1. The molecule has 0 spiro atoms. The molecule has 20 heavy (non-hydrogen) atoms. The van der Waals surface area contributed by atoms with Crippen LogP contribution in [0.5, 0.6) is 5.75 Å². The third-order valence-corrected chi connectivity index (χ3v) is 5.40. The average molecular weight is 363 g/mol. The van der Waals surface area contributed by atoms with E-state index in [9.17, 15) is 8.42 Å². The first kappa shape index (κ1) is 15.8. The molecular weight excluding hydrogens is 344 g/mol. The summed E-state index contributed by atoms with van der Waals surface area (Å²) in [7, 11) is -0.111. The minimum Gasteiger partial charge on any atom is -0.495 e. The Morgan fingerprint density at radius 2 is 2.20 bits per heavy atom. The van der Waals surface area contributed by atoms with Gasteiger partial charge in [-0.05, 0) is 44.6 Å². The van der Waals surface area contributed by atoms with Gasteiger partial charge in [0.2, 0.25) is 10.0 Å². The molecule has 5 nitrogen and oxygen atoms in total. The van der Waals surface area contributed by atoms with Gasteiger partial charge in [-0.3, -0.25) is 0 Å². The van der Waals surface area contributed by atoms with Crippen LogP contribution in [0.3, 0.4) is 0 Å². The highest BCUT2D eigenvalue weighted by atomic mass is 79.9. The van der Waals surface area contributed by atoms with E-state index in [1.165, 1.54) is 7.11 Å². The summed E-state index contributed by atoms with van der Waals surface area (Å²) in [5.41, 5.74) is 0. The van der Waals surface area contributed by atoms with Crippen LogP contribution in [0, 0.1) is 0 Å². The number of likely N-dealkylation sites (N-methyl/N-ethyl adjacent to an activating group) is 1. The largest absolute Gasteiger partial charge is 0.495 e. The SMILES string of the molecule is COc1ccc(Br)cc1S(=O)(=O)NC1CCCN(C)C1. The zero-order valence-corrected chi connectivity index (χ0v) is 14.0. The highest BCUT2D eigenvalue weighted by Gasteiger charge is 2.26. The van der Waals surface area contributed by atoms with Crippen LogP contribution in [0.25, 0.3) is 0 Å². The number of benzene rings is 1. The van der Waals surface area contributed by atoms with Gasteiger partial charge in [0.25, 0.3) is 0 Å². The topological polar surface area (TPSA) is 58.6 Å². The number of rotatable bonds is 4. The molecule has 0 bridgehead atoms. The minimum atomic E-state index is -3.58. The molecule has 1 atom stereocenters. The summed E-state index contributed by atoms with van der Waals surface area (Å²) >= 11 is 3.30. The van der Waals surface area contributed by atoms with Gasteiger partial charge in [0.15, 0.2) is 0 Å². The molecule has 1 fully saturated rings. The van der Waals surface area contributed by atoms with Crippen molar-refractivity contribution < 1.29 is 13.2 Å². The summed E-state index contributed by atoms with van der Waals surface area (Å²) in [4.78, 5) is 2.30. The molecule has 2 rings (SSSR count). The fourth-order valence-corrected chi connectivity index (χ4v) is 4.38. The molecule has 0 aromatic heterocycles. The number of nitrogens with one attached hydrogen (secondary N) is 1. The van der Waals surface area contributed by atoms with E-state index >= 15 is 0 Å². The van der Waals surface area contributed by atoms with E-state index in [1.54, 1.807) is 18.2 Å². The third-order valence-electron chi connectivity index (χ3n) is 3.36. The molecule has 0 radical (unpaired) electrons. The van der Waals surface area contributed by atoms with Crippen molar-refractivity contribution in [2.75, 3.05) is 27.2 Å². The number of piperidine rings is 1. The summed E-state index contributed by atoms with van der Waals surface area (Å²) in [5, 5.41) is 0. The maximum absolute atomic E-state index is 12.5. The second kappa shape index (κ2) is 6.43. The second-order valence-corrected chi connectivity index (χ2v) is 7.62. The normalized spacial score (nSPS) is 20.9. The van der Waals surface area contributed by atoms with Crippen molar-refractivity contribution in [2.45, 2.75) is 23.8 Å². The van der Waals surface area contributed by atoms with Crippen LogP contribution in [0.4, 0.5) is 0 Å². The van der Waals surface area contributed by atoms with Gasteiger partial charge in [-0.25, -0.2) is 13.1 Å². The Hall–Kier alpha value is -0.630. The Morgan fingerprint density at radius 1 is 1.45 bits per heavy atom. The fourth-order valence-electron chi connectivity index (χ4n) is 2.41. The summed E-state index contributed by atoms with van der Waals surface area (Å²) in [6.07, 6.45) is 1.86. The maximum atomic E-state index is 12.5. The zero-order chi connectivity index (χ0) is 14.8. The van der Waals surface area contributed by atoms with Gasteiger partial charge >= 0.3 is 0 Å². The van der Waals surface area contributed by atoms with Crippen molar-refractivity contribution in [1.82, 2.24) is 9.62 Å². The van der Waals surface area contributed by atoms with Crippen LogP contribution < -0.4 is 9.46 Å². The Bertz CT molecular complexity index is 577. The summed E-state index contributed by atoms with van der Waals surface area (Å²) in [5.74, 6) is 0.352. The summed E-state index contributed by atoms with van der Waals surface area (Å²) < 4.78 is 33.6. The number of nitrogens with zero attached hydrogens (tertiary/aromatic N) is 1. The van der Waals surface area contributed by atoms with Crippen LogP contribution in [-0.4, -0.2) is 46.6 Å². The lowest BCUT2D eigenvalue weighted by atomic mass is 10.1. The molecule has 112 valence electrons. The Kier molecular flexibility index (Phi) is 5.06. The van der Waals surface area contributed by atoms with Gasteiger partial charge in [-0.2, -0.15) is 0 Å². The molecule has 7 heteroatoms. The van der Waals surface area contributed by atoms with Gasteiger partial charge in [-0.15, -0.1) is 0 Å². The molecule has 1 N–H and O–H groups in total. The molecular formula is C13H19BrN2O3S. The Labute approximate surface area is 128 Å². The lowest BCUT2D eigenvalue weighted by Gasteiger charge is -2.30. The van der Waals surface area contributed by atoms with E-state index in [1.807, 2.05) is 7.05 Å². The standard InChI is InChI=1S/C13H19BrN2O3S/c1-16-7-3-4-11(9-16)15-20(17,18)13-8-10(14)5-6-12(13)19-2/h5-6,8,11,15H,3-4,7,9H2,1-2H3. The van der Waals surface area contributed by atoms with Crippen molar-refractivity contribution in [3.63, 3.8) is 0 Å². The lowest BCUT2D eigenvalue weighted by molar-refractivity contribution is 0.242. The van der Waals surface area contributed by atoms with Gasteiger partial charge in [0, 0.05) is 17.1 Å². The van der Waals surface area contributed by atoms with Crippen LogP contribution in [0.2, 0.25) is 0 Å². The average Bonchev–Trinajstić information content (AvgIpc) is 2.38. The molecule has 0 amide bonds. The molecule has 1 aromatic rings. The van der Waals surface area contributed by atoms with Gasteiger partial charge in [0.05, 0.1) is 7.11 Å². The van der Waals surface area contributed by atoms with E-state index in [0.717, 1.165) is 25.9 Å². The number of halogens is 1. The highest BCUT2D eigenvalue weighted by Crippen LogP contribution is 2.27. The van der Waals surface area contributed by atoms with E-state index in [2.05, 4.69) is 25.6 Å². The highest BCUT2D eigenvalue weighted by molar-refractivity contribution is 9.10. The first-order valence-electron chi connectivity index (χ1n) is 6.47. The van der Waals surface area contributed by atoms with Crippen molar-refractivity contribution in [1.29, 1.82) is 0 Å². The molecule has 1 unspecified atom stereocenters. The van der Waals surface area contributed by atoms with Crippen molar-refractivity contribution in [2.24, 2.45) is 0 Å². The van der Waals surface area contributed by atoms with Crippen LogP contribution in [0.15, 0.2) is 27.6 Å². The first-order valence-corrected chi connectivity index (χ1v) is 8.74. The third kappa shape index (κ3) is 3.72. The quantitative estimate of drug-likeness (QED) is 0.887. The zero-order valence-electron chi connectivity index (χ0n) is 11.6. The maximum Gasteiger partial charge on any atom is 0.244 e. The molecule has 0 saturated carbocycles. The van der Waals surface area contributed by atoms with Gasteiger partial charge < -0.3 is 9.64 Å². The van der Waals surface area contributed by atoms with Gasteiger partial charge in [0.1, 0.15) is 10.6 Å². The number of hydrogen-bond acceptors (Lipinski definition) is 4. The van der Waals surface area contributed by atoms with E-state index < -0.39 is 10.0 Å². The lowest BCUT2D eigenvalue weighted by Crippen LogP contribution is -2.46. The van der Waals surface area contributed by atoms with Crippen LogP contribution in [-0.2, 0) is 10.0 Å². The summed E-state index contributed by atoms with van der Waals surface area (Å²) in [6, 6.07) is 4.91. The molecule has 1 aromatic carbocycles. The van der Waals surface area contributed by atoms with Crippen LogP contribution in [0.1, 0.15) is 12.8 Å². The molecule has 0 aliphatic carbocycles. The van der Waals surface area contributed by atoms with Crippen molar-refractivity contribution in [3.8, 4) is 5.75 Å². The summed E-state index contributed by atoms with van der Waals surface area (Å²) in [6.45, 7) is 1.74. The van der Waals surface area contributed by atoms with Crippen molar-refractivity contribution in [3.05, 3.63) is 22.7 Å². The molecule has 1 heterocycles.